The maximum atomic E-state index is 12.6. The van der Waals surface area contributed by atoms with Crippen LogP contribution in [-0.2, 0) is 18.7 Å². The molecule has 12 heteroatoms. The molecule has 4 heterocycles. The molecule has 0 bridgehead atoms. The number of rotatable bonds is 7. The number of amides is 1. The van der Waals surface area contributed by atoms with Gasteiger partial charge in [0.05, 0.1) is 19.0 Å². The maximum Gasteiger partial charge on any atom is 0.230 e. The van der Waals surface area contributed by atoms with E-state index in [9.17, 15) is 4.79 Å². The second-order valence-corrected chi connectivity index (χ2v) is 20.1. The van der Waals surface area contributed by atoms with E-state index in [0.717, 1.165) is 0 Å². The molecule has 40 heavy (non-hydrogen) atoms. The zero-order valence-electron chi connectivity index (χ0n) is 24.4. The number of fused-ring (bicyclic) bond motifs is 2. The minimum atomic E-state index is -1.99. The zero-order chi connectivity index (χ0) is 28.9. The van der Waals surface area contributed by atoms with Gasteiger partial charge in [-0.3, -0.25) is 9.36 Å². The highest BCUT2D eigenvalue weighted by Crippen LogP contribution is 2.50. The van der Waals surface area contributed by atoms with E-state index in [1.54, 1.807) is 29.9 Å². The summed E-state index contributed by atoms with van der Waals surface area (Å²) in [5.41, 5.74) is 0.567. The molecule has 2 aliphatic heterocycles. The first-order valence-corrected chi connectivity index (χ1v) is 18.3. The van der Waals surface area contributed by atoms with Crippen molar-refractivity contribution in [2.45, 2.75) is 99.1 Å². The number of anilines is 1. The second kappa shape index (κ2) is 11.0. The average Bonchev–Trinajstić information content (AvgIpc) is 3.58. The average molecular weight is 602 g/mol. The van der Waals surface area contributed by atoms with Crippen molar-refractivity contribution in [2.24, 2.45) is 5.41 Å². The molecule has 0 spiro atoms. The van der Waals surface area contributed by atoms with E-state index in [1.807, 2.05) is 25.3 Å². The van der Waals surface area contributed by atoms with Gasteiger partial charge in [-0.25, -0.2) is 15.0 Å². The number of nitrogens with one attached hydrogen (secondary N) is 1. The third-order valence-corrected chi connectivity index (χ3v) is 14.8. The van der Waals surface area contributed by atoms with E-state index in [1.165, 1.54) is 16.1 Å². The van der Waals surface area contributed by atoms with Crippen LogP contribution in [0.5, 0.6) is 0 Å². The van der Waals surface area contributed by atoms with Gasteiger partial charge in [0, 0.05) is 21.6 Å². The Labute approximate surface area is 245 Å². The van der Waals surface area contributed by atoms with E-state index in [-0.39, 0.29) is 34.1 Å². The summed E-state index contributed by atoms with van der Waals surface area (Å²) < 4.78 is 21.8. The van der Waals surface area contributed by atoms with Crippen LogP contribution in [0.4, 0.5) is 5.82 Å². The van der Waals surface area contributed by atoms with Gasteiger partial charge >= 0.3 is 0 Å². The maximum absolute atomic E-state index is 12.6. The minimum absolute atomic E-state index is 0.0545. The Bertz CT molecular complexity index is 1360. The molecule has 0 radical (unpaired) electrons. The number of nitrogens with zero attached hydrogens (tertiary/aromatic N) is 4. The van der Waals surface area contributed by atoms with Gasteiger partial charge in [-0.2, -0.15) is 0 Å². The lowest BCUT2D eigenvalue weighted by Crippen LogP contribution is -2.44. The van der Waals surface area contributed by atoms with Gasteiger partial charge in [-0.15, -0.1) is 0 Å². The van der Waals surface area contributed by atoms with Crippen molar-refractivity contribution in [3.05, 3.63) is 36.9 Å². The standard InChI is InChI=1S/C28H39N5O4S2Si/c1-27(2,3)25(34)32-23-22-24(30-15-29-23)33(16-31-22)21-13-17(18(36-21)14-35-40(7,8)28(4,5)6)37-26-38-19-11-9-10-12-20(19)39-26/h9-12,15-18,21,26H,13-14H2,1-8H3,(H,29,30,32,34)/t17-,18+,21+/m0/s1. The van der Waals surface area contributed by atoms with Crippen molar-refractivity contribution in [1.29, 1.82) is 0 Å². The molecule has 0 unspecified atom stereocenters. The van der Waals surface area contributed by atoms with Crippen LogP contribution in [-0.4, -0.2) is 57.3 Å². The Balaban J connectivity index is 1.37. The fourth-order valence-electron chi connectivity index (χ4n) is 4.20. The summed E-state index contributed by atoms with van der Waals surface area (Å²) in [6, 6.07) is 8.39. The summed E-state index contributed by atoms with van der Waals surface area (Å²) in [6.07, 6.45) is 3.01. The smallest absolute Gasteiger partial charge is 0.230 e. The Hall–Kier alpha value is -1.96. The number of thioether (sulfide) groups is 2. The van der Waals surface area contributed by atoms with Gasteiger partial charge in [0.15, 0.2) is 30.1 Å². The number of carbonyl (C=O) groups excluding carboxylic acids is 1. The molecule has 3 atom stereocenters. The van der Waals surface area contributed by atoms with Crippen LogP contribution in [0.2, 0.25) is 18.1 Å². The van der Waals surface area contributed by atoms with Gasteiger partial charge < -0.3 is 19.2 Å². The fourth-order valence-corrected chi connectivity index (χ4v) is 7.81. The van der Waals surface area contributed by atoms with Gasteiger partial charge in [0.1, 0.15) is 18.7 Å². The van der Waals surface area contributed by atoms with Gasteiger partial charge in [0.25, 0.3) is 0 Å². The van der Waals surface area contributed by atoms with Crippen molar-refractivity contribution in [1.82, 2.24) is 19.5 Å². The predicted octanol–water partition coefficient (Wildman–Crippen LogP) is 6.69. The van der Waals surface area contributed by atoms with Crippen molar-refractivity contribution in [3.8, 4) is 0 Å². The highest BCUT2D eigenvalue weighted by molar-refractivity contribution is 8.19. The molecule has 1 fully saturated rings. The first-order chi connectivity index (χ1) is 18.7. The van der Waals surface area contributed by atoms with Crippen molar-refractivity contribution >= 4 is 54.7 Å². The quantitative estimate of drug-likeness (QED) is 0.297. The Morgan fingerprint density at radius 1 is 1.10 bits per heavy atom. The lowest BCUT2D eigenvalue weighted by Gasteiger charge is -2.37. The summed E-state index contributed by atoms with van der Waals surface area (Å²) in [7, 11) is -1.99. The van der Waals surface area contributed by atoms with Crippen molar-refractivity contribution in [2.75, 3.05) is 11.9 Å². The van der Waals surface area contributed by atoms with Crippen molar-refractivity contribution in [3.63, 3.8) is 0 Å². The minimum Gasteiger partial charge on any atom is -0.414 e. The molecule has 1 aromatic carbocycles. The highest BCUT2D eigenvalue weighted by atomic mass is 32.2. The summed E-state index contributed by atoms with van der Waals surface area (Å²) in [5.74, 6) is 0.256. The molecule has 2 aliphatic rings. The summed E-state index contributed by atoms with van der Waals surface area (Å²) >= 11 is 3.47. The van der Waals surface area contributed by atoms with E-state index in [4.69, 9.17) is 13.9 Å². The first kappa shape index (κ1) is 29.5. The summed E-state index contributed by atoms with van der Waals surface area (Å²) in [4.78, 5) is 28.5. The lowest BCUT2D eigenvalue weighted by molar-refractivity contribution is -0.123. The largest absolute Gasteiger partial charge is 0.414 e. The third-order valence-electron chi connectivity index (χ3n) is 7.76. The van der Waals surface area contributed by atoms with E-state index in [2.05, 4.69) is 78.4 Å². The van der Waals surface area contributed by atoms with Crippen LogP contribution in [0.3, 0.4) is 0 Å². The Kier molecular flexibility index (Phi) is 8.14. The molecule has 2 aromatic heterocycles. The number of aromatic nitrogens is 4. The number of hydrogen-bond acceptors (Lipinski definition) is 9. The van der Waals surface area contributed by atoms with E-state index >= 15 is 0 Å². The van der Waals surface area contributed by atoms with E-state index < -0.39 is 13.7 Å². The zero-order valence-corrected chi connectivity index (χ0v) is 27.1. The molecule has 1 N–H and O–H groups in total. The predicted molar refractivity (Wildman–Crippen MR) is 162 cm³/mol. The SMILES string of the molecule is CC(C)(C)C(=O)Nc1ncnc2c1ncn2[C@H]1C[C@H](OC2Sc3ccccc3S2)[C@@H](CO[Si](C)(C)C(C)(C)C)O1. The highest BCUT2D eigenvalue weighted by Gasteiger charge is 2.44. The van der Waals surface area contributed by atoms with Crippen molar-refractivity contribution < 1.29 is 18.7 Å². The molecular formula is C28H39N5O4S2Si. The number of hydrogen-bond donors (Lipinski definition) is 1. The number of carbonyl (C=O) groups is 1. The van der Waals surface area contributed by atoms with Crippen LogP contribution >= 0.6 is 23.5 Å². The van der Waals surface area contributed by atoms with Gasteiger partial charge in [-0.1, -0.05) is 77.2 Å². The second-order valence-electron chi connectivity index (χ2n) is 12.8. The van der Waals surface area contributed by atoms with Gasteiger partial charge in [0.2, 0.25) is 5.91 Å². The molecular weight excluding hydrogens is 563 g/mol. The monoisotopic (exact) mass is 601 g/mol. The topological polar surface area (TPSA) is 100 Å². The molecule has 216 valence electrons. The van der Waals surface area contributed by atoms with Crippen LogP contribution in [0.25, 0.3) is 11.2 Å². The molecule has 5 rings (SSSR count). The normalized spacial score (nSPS) is 22.1. The Morgan fingerprint density at radius 2 is 1.77 bits per heavy atom. The van der Waals surface area contributed by atoms with Crippen LogP contribution < -0.4 is 5.32 Å². The van der Waals surface area contributed by atoms with Gasteiger partial charge in [-0.05, 0) is 30.3 Å². The molecule has 0 aliphatic carbocycles. The number of imidazole rings is 1. The molecule has 3 aromatic rings. The molecule has 0 saturated carbocycles. The number of benzene rings is 1. The molecule has 9 nitrogen and oxygen atoms in total. The first-order valence-electron chi connectivity index (χ1n) is 13.6. The fraction of sp³-hybridized carbons (Fsp3) is 0.571. The summed E-state index contributed by atoms with van der Waals surface area (Å²) in [5, 5.41) is 2.99. The van der Waals surface area contributed by atoms with Crippen LogP contribution in [0, 0.1) is 5.41 Å². The number of ether oxygens (including phenoxy) is 2. The van der Waals surface area contributed by atoms with E-state index in [0.29, 0.717) is 30.0 Å². The lowest BCUT2D eigenvalue weighted by atomic mass is 9.96. The summed E-state index contributed by atoms with van der Waals surface area (Å²) in [6.45, 7) is 17.3. The molecule has 1 saturated heterocycles. The van der Waals surface area contributed by atoms with Crippen LogP contribution in [0.1, 0.15) is 54.2 Å². The Morgan fingerprint density at radius 3 is 2.40 bits per heavy atom. The van der Waals surface area contributed by atoms with Crippen LogP contribution in [0.15, 0.2) is 46.7 Å². The molecule has 1 amide bonds. The third kappa shape index (κ3) is 6.12.